The molecule has 1 atom stereocenters. The zero-order chi connectivity index (χ0) is 15.6. The molecule has 0 fully saturated rings. The molecule has 0 saturated heterocycles. The van der Waals surface area contributed by atoms with Crippen molar-refractivity contribution in [3.05, 3.63) is 35.2 Å². The highest BCUT2D eigenvalue weighted by molar-refractivity contribution is 7.84. The summed E-state index contributed by atoms with van der Waals surface area (Å²) in [5.41, 5.74) is -4.14. The quantitative estimate of drug-likeness (QED) is 0.592. The Labute approximate surface area is 117 Å². The van der Waals surface area contributed by atoms with Gasteiger partial charge < -0.3 is 4.55 Å². The number of thiophene rings is 1. The summed E-state index contributed by atoms with van der Waals surface area (Å²) in [6.45, 7) is 1.77. The fourth-order valence-electron chi connectivity index (χ4n) is 1.68. The first-order valence-electron chi connectivity index (χ1n) is 5.55. The molecule has 1 unspecified atom stereocenters. The SMILES string of the molecule is CCc1cc2ccccc2[s+]1C(F)(F)F.CS(=O)(=O)[O-]. The summed E-state index contributed by atoms with van der Waals surface area (Å²) in [6.07, 6.45) is 1.06. The monoisotopic (exact) mass is 326 g/mol. The Bertz CT molecular complexity index is 680. The Morgan fingerprint density at radius 2 is 1.75 bits per heavy atom. The highest BCUT2D eigenvalue weighted by Gasteiger charge is 2.47. The molecular weight excluding hydrogens is 313 g/mol. The predicted octanol–water partition coefficient (Wildman–Crippen LogP) is 3.79. The summed E-state index contributed by atoms with van der Waals surface area (Å²) in [5.74, 6) is 0. The van der Waals surface area contributed by atoms with Gasteiger partial charge in [-0.15, -0.1) is 13.2 Å². The van der Waals surface area contributed by atoms with Crippen LogP contribution in [0.15, 0.2) is 30.3 Å². The summed E-state index contributed by atoms with van der Waals surface area (Å²) in [4.78, 5) is 0.490. The maximum absolute atomic E-state index is 12.8. The van der Waals surface area contributed by atoms with Gasteiger partial charge in [0.25, 0.3) is 0 Å². The summed E-state index contributed by atoms with van der Waals surface area (Å²) in [5, 5.41) is 0.718. The van der Waals surface area contributed by atoms with Gasteiger partial charge in [-0.2, -0.15) is 0 Å². The molecule has 1 heterocycles. The number of halogens is 3. The van der Waals surface area contributed by atoms with Crippen LogP contribution < -0.4 is 0 Å². The van der Waals surface area contributed by atoms with Crippen molar-refractivity contribution in [2.75, 3.05) is 6.26 Å². The van der Waals surface area contributed by atoms with Crippen LogP contribution >= 0.6 is 10.5 Å². The standard InChI is InChI=1S/C11H10F3S.CH4O3S/c1-2-9-7-8-5-3-4-6-10(8)15(9)11(12,13)14;1-5(2,3)4/h3-7H,2H2,1H3;1H3,(H,2,3,4)/q+1;/p-1. The molecule has 1 aromatic heterocycles. The fraction of sp³-hybridized carbons (Fsp3) is 0.333. The molecule has 112 valence electrons. The topological polar surface area (TPSA) is 57.2 Å². The second-order valence-electron chi connectivity index (χ2n) is 3.96. The van der Waals surface area contributed by atoms with Crippen molar-refractivity contribution < 1.29 is 26.1 Å². The normalized spacial score (nSPS) is 13.0. The van der Waals surface area contributed by atoms with E-state index < -0.39 is 26.1 Å². The van der Waals surface area contributed by atoms with E-state index in [0.717, 1.165) is 5.39 Å². The first kappa shape index (κ1) is 16.9. The number of hydrogen-bond acceptors (Lipinski definition) is 3. The van der Waals surface area contributed by atoms with E-state index in [2.05, 4.69) is 0 Å². The lowest BCUT2D eigenvalue weighted by Crippen LogP contribution is -1.97. The van der Waals surface area contributed by atoms with Crippen molar-refractivity contribution in [3.8, 4) is 0 Å². The molecule has 1 aromatic carbocycles. The lowest BCUT2D eigenvalue weighted by molar-refractivity contribution is -0.0867. The van der Waals surface area contributed by atoms with E-state index in [0.29, 0.717) is 22.3 Å². The van der Waals surface area contributed by atoms with Gasteiger partial charge in [0.15, 0.2) is 9.58 Å². The van der Waals surface area contributed by atoms with Crippen LogP contribution in [-0.4, -0.2) is 19.2 Å². The number of rotatable bonds is 1. The summed E-state index contributed by atoms with van der Waals surface area (Å²) >= 11 is 0. The molecule has 0 amide bonds. The molecule has 0 aliphatic rings. The number of hydrogen-bond donors (Lipinski definition) is 0. The zero-order valence-electron chi connectivity index (χ0n) is 10.8. The Balaban J connectivity index is 0.000000347. The van der Waals surface area contributed by atoms with E-state index in [-0.39, 0.29) is 0 Å². The van der Waals surface area contributed by atoms with Gasteiger partial charge in [0, 0.05) is 24.1 Å². The molecule has 3 nitrogen and oxygen atoms in total. The average Bonchev–Trinajstić information content (AvgIpc) is 2.64. The maximum atomic E-state index is 12.8. The van der Waals surface area contributed by atoms with Crippen LogP contribution in [0.4, 0.5) is 13.2 Å². The molecule has 20 heavy (non-hydrogen) atoms. The first-order valence-corrected chi connectivity index (χ1v) is 8.59. The minimum Gasteiger partial charge on any atom is -0.748 e. The molecule has 0 saturated carbocycles. The van der Waals surface area contributed by atoms with Gasteiger partial charge >= 0.3 is 5.51 Å². The molecule has 0 aliphatic heterocycles. The molecule has 0 bridgehead atoms. The number of benzene rings is 1. The van der Waals surface area contributed by atoms with Crippen molar-refractivity contribution in [1.82, 2.24) is 0 Å². The third-order valence-corrected chi connectivity index (χ3v) is 4.50. The van der Waals surface area contributed by atoms with Gasteiger partial charge in [0.05, 0.1) is 20.6 Å². The largest absolute Gasteiger partial charge is 0.748 e. The van der Waals surface area contributed by atoms with E-state index >= 15 is 0 Å². The Morgan fingerprint density at radius 3 is 2.20 bits per heavy atom. The number of fused-ring (bicyclic) bond motifs is 1. The Kier molecular flexibility index (Phi) is 5.17. The van der Waals surface area contributed by atoms with Crippen molar-refractivity contribution in [1.29, 1.82) is 0 Å². The van der Waals surface area contributed by atoms with Gasteiger partial charge in [0.2, 0.25) is 0 Å². The van der Waals surface area contributed by atoms with Gasteiger partial charge in [-0.1, -0.05) is 19.1 Å². The highest BCUT2D eigenvalue weighted by Crippen LogP contribution is 2.50. The van der Waals surface area contributed by atoms with E-state index in [1.807, 2.05) is 0 Å². The van der Waals surface area contributed by atoms with Crippen LogP contribution in [0.25, 0.3) is 10.1 Å². The molecule has 0 radical (unpaired) electrons. The Morgan fingerprint density at radius 1 is 1.25 bits per heavy atom. The minimum atomic E-state index is -4.14. The second kappa shape index (κ2) is 6.11. The molecule has 0 aliphatic carbocycles. The van der Waals surface area contributed by atoms with Crippen LogP contribution in [-0.2, 0) is 22.0 Å². The molecule has 2 rings (SSSR count). The summed E-state index contributed by atoms with van der Waals surface area (Å²) in [6, 6.07) is 8.42. The second-order valence-corrected chi connectivity index (χ2v) is 7.41. The van der Waals surface area contributed by atoms with Gasteiger partial charge in [-0.05, 0) is 12.1 Å². The molecule has 0 N–H and O–H groups in total. The van der Waals surface area contributed by atoms with Crippen LogP contribution in [0.5, 0.6) is 0 Å². The lowest BCUT2D eigenvalue weighted by atomic mass is 10.2. The minimum absolute atomic E-state index is 0.418. The van der Waals surface area contributed by atoms with Crippen LogP contribution in [0.1, 0.15) is 11.8 Å². The van der Waals surface area contributed by atoms with E-state index in [1.165, 1.54) is 0 Å². The van der Waals surface area contributed by atoms with Gasteiger partial charge in [0.1, 0.15) is 0 Å². The number of alkyl halides is 3. The van der Waals surface area contributed by atoms with Crippen molar-refractivity contribution in [3.63, 3.8) is 0 Å². The molecule has 8 heteroatoms. The van der Waals surface area contributed by atoms with E-state index in [9.17, 15) is 13.2 Å². The molecule has 0 spiro atoms. The third kappa shape index (κ3) is 4.77. The maximum Gasteiger partial charge on any atom is 0.600 e. The fourth-order valence-corrected chi connectivity index (χ4v) is 3.62. The number of aryl methyl sites for hydroxylation is 1. The first-order chi connectivity index (χ1) is 9.04. The molecular formula is C12H13F3O3S2. The van der Waals surface area contributed by atoms with Crippen molar-refractivity contribution in [2.24, 2.45) is 0 Å². The summed E-state index contributed by atoms with van der Waals surface area (Å²) in [7, 11) is -5.61. The zero-order valence-corrected chi connectivity index (χ0v) is 12.4. The van der Waals surface area contributed by atoms with E-state index in [1.54, 1.807) is 37.3 Å². The Hall–Kier alpha value is -1.12. The summed E-state index contributed by atoms with van der Waals surface area (Å²) < 4.78 is 66.2. The third-order valence-electron chi connectivity index (χ3n) is 2.30. The highest BCUT2D eigenvalue weighted by atomic mass is 32.2. The van der Waals surface area contributed by atoms with Crippen molar-refractivity contribution in [2.45, 2.75) is 18.9 Å². The average molecular weight is 326 g/mol. The van der Waals surface area contributed by atoms with Crippen LogP contribution in [0.2, 0.25) is 0 Å². The van der Waals surface area contributed by atoms with Gasteiger partial charge in [-0.25, -0.2) is 8.42 Å². The smallest absolute Gasteiger partial charge is 0.600 e. The van der Waals surface area contributed by atoms with E-state index in [4.69, 9.17) is 13.0 Å². The van der Waals surface area contributed by atoms with Crippen LogP contribution in [0.3, 0.4) is 0 Å². The van der Waals surface area contributed by atoms with Crippen molar-refractivity contribution >= 4 is 30.7 Å². The predicted molar refractivity (Wildman–Crippen MR) is 72.7 cm³/mol. The van der Waals surface area contributed by atoms with Gasteiger partial charge in [-0.3, -0.25) is 0 Å². The van der Waals surface area contributed by atoms with Crippen LogP contribution in [0, 0.1) is 0 Å². The molecule has 2 aromatic rings. The lowest BCUT2D eigenvalue weighted by Gasteiger charge is -1.97.